The van der Waals surface area contributed by atoms with E-state index >= 15 is 0 Å². The number of nitrogens with zero attached hydrogens (tertiary/aromatic N) is 5. The van der Waals surface area contributed by atoms with Crippen LogP contribution in [0.3, 0.4) is 0 Å². The second kappa shape index (κ2) is 13.6. The van der Waals surface area contributed by atoms with Crippen molar-refractivity contribution in [2.24, 2.45) is 5.16 Å². The fraction of sp³-hybridized carbons (Fsp3) is 0.727. The maximum atomic E-state index is 12.4. The summed E-state index contributed by atoms with van der Waals surface area (Å²) in [5.41, 5.74) is 5.94. The van der Waals surface area contributed by atoms with Crippen molar-refractivity contribution in [2.75, 3.05) is 32.7 Å². The number of aromatic amines is 1. The van der Waals surface area contributed by atoms with Gasteiger partial charge in [0.2, 0.25) is 5.95 Å². The van der Waals surface area contributed by atoms with E-state index in [1.165, 1.54) is 6.20 Å². The third kappa shape index (κ3) is 6.82. The lowest BCUT2D eigenvalue weighted by molar-refractivity contribution is -0.0638. The van der Waals surface area contributed by atoms with Gasteiger partial charge in [-0.05, 0) is 34.1 Å². The van der Waals surface area contributed by atoms with Crippen LogP contribution < -0.4 is 11.4 Å². The number of rotatable bonds is 14. The highest BCUT2D eigenvalue weighted by molar-refractivity contribution is 7.44. The number of anilines is 1. The van der Waals surface area contributed by atoms with Crippen molar-refractivity contribution in [1.29, 1.82) is 0 Å². The quantitative estimate of drug-likeness (QED) is 0.137. The molecular formula is C22H38N7O7P. The Bertz CT molecular complexity index is 1070. The molecule has 0 aromatic carbocycles. The standard InChI is InChI=1S/C22H38N7O7P/c1-7-8-25-36-37(29(13(2)3)14(4)5)35-19-17(34-16(12-30)18(19)33-10-9-32-6)15-11-24-28-20(15)26-21(23)27-22(28)31/h8,11,13-14,16-19,30H,7,9-10,12H2,1-6H3,(H3,23,26,27,31)/b25-8+. The van der Waals surface area contributed by atoms with Crippen molar-refractivity contribution >= 4 is 26.3 Å². The Morgan fingerprint density at radius 1 is 1.32 bits per heavy atom. The highest BCUT2D eigenvalue weighted by Gasteiger charge is 2.50. The molecule has 2 aromatic heterocycles. The summed E-state index contributed by atoms with van der Waals surface area (Å²) in [6.45, 7) is 10.4. The van der Waals surface area contributed by atoms with Crippen molar-refractivity contribution in [2.45, 2.75) is 77.5 Å². The number of nitrogens with two attached hydrogens (primary N) is 1. The van der Waals surface area contributed by atoms with E-state index < -0.39 is 38.6 Å². The molecule has 5 atom stereocenters. The first-order chi connectivity index (χ1) is 17.7. The first-order valence-corrected chi connectivity index (χ1v) is 13.4. The number of nitrogen functional groups attached to an aromatic ring is 1. The fourth-order valence-corrected chi connectivity index (χ4v) is 5.74. The molecule has 3 heterocycles. The van der Waals surface area contributed by atoms with E-state index in [2.05, 4.69) is 24.9 Å². The van der Waals surface area contributed by atoms with Gasteiger partial charge in [0.25, 0.3) is 0 Å². The second-order valence-corrected chi connectivity index (χ2v) is 10.3. The largest absolute Gasteiger partial charge is 0.394 e. The first kappa shape index (κ1) is 29.4. The molecule has 0 aliphatic carbocycles. The van der Waals surface area contributed by atoms with Gasteiger partial charge in [0.15, 0.2) is 5.65 Å². The van der Waals surface area contributed by atoms with Crippen LogP contribution in [0.4, 0.5) is 5.95 Å². The zero-order valence-electron chi connectivity index (χ0n) is 22.1. The van der Waals surface area contributed by atoms with Crippen LogP contribution >= 0.6 is 8.53 Å². The van der Waals surface area contributed by atoms with E-state index in [1.807, 2.05) is 34.6 Å². The number of ether oxygens (including phenoxy) is 3. The number of aromatic nitrogens is 4. The second-order valence-electron chi connectivity index (χ2n) is 9.02. The summed E-state index contributed by atoms with van der Waals surface area (Å²) >= 11 is 0. The van der Waals surface area contributed by atoms with Crippen LogP contribution in [-0.2, 0) is 23.4 Å². The summed E-state index contributed by atoms with van der Waals surface area (Å²) in [5.74, 6) is -0.0633. The van der Waals surface area contributed by atoms with Gasteiger partial charge in [0.1, 0.15) is 24.4 Å². The predicted octanol–water partition coefficient (Wildman–Crippen LogP) is 1.61. The van der Waals surface area contributed by atoms with E-state index in [-0.39, 0.29) is 36.9 Å². The molecule has 208 valence electrons. The third-order valence-electron chi connectivity index (χ3n) is 5.65. The molecule has 1 saturated heterocycles. The van der Waals surface area contributed by atoms with E-state index in [9.17, 15) is 9.90 Å². The van der Waals surface area contributed by atoms with Gasteiger partial charge in [-0.1, -0.05) is 12.1 Å². The van der Waals surface area contributed by atoms with Crippen LogP contribution in [0.5, 0.6) is 0 Å². The average molecular weight is 544 g/mol. The van der Waals surface area contributed by atoms with Crippen molar-refractivity contribution in [3.05, 3.63) is 22.2 Å². The lowest BCUT2D eigenvalue weighted by Crippen LogP contribution is -2.40. The molecule has 0 spiro atoms. The molecule has 4 N–H and O–H groups in total. The SMILES string of the molecule is CC/C=N/OP(OC1C(c2cnn3c(=O)[nH]c(N)nc23)OC(CO)C1OCCOC)N(C(C)C)C(C)C. The molecule has 0 saturated carbocycles. The summed E-state index contributed by atoms with van der Waals surface area (Å²) in [5, 5.41) is 18.4. The van der Waals surface area contributed by atoms with Crippen LogP contribution in [0.1, 0.15) is 52.7 Å². The van der Waals surface area contributed by atoms with Gasteiger partial charge in [-0.2, -0.15) is 14.6 Å². The number of aliphatic hydroxyl groups is 1. The number of hydrogen-bond donors (Lipinski definition) is 3. The maximum absolute atomic E-state index is 12.4. The Labute approximate surface area is 217 Å². The minimum Gasteiger partial charge on any atom is -0.394 e. The molecule has 14 nitrogen and oxygen atoms in total. The zero-order chi connectivity index (χ0) is 27.1. The van der Waals surface area contributed by atoms with Gasteiger partial charge < -0.3 is 34.2 Å². The van der Waals surface area contributed by atoms with Gasteiger partial charge in [-0.15, -0.1) is 0 Å². The molecule has 3 rings (SSSR count). The first-order valence-electron chi connectivity index (χ1n) is 12.3. The van der Waals surface area contributed by atoms with Crippen molar-refractivity contribution < 1.29 is 28.5 Å². The van der Waals surface area contributed by atoms with Gasteiger partial charge in [-0.25, -0.2) is 9.46 Å². The number of oxime groups is 1. The van der Waals surface area contributed by atoms with E-state index in [0.29, 0.717) is 18.6 Å². The van der Waals surface area contributed by atoms with Crippen molar-refractivity contribution in [1.82, 2.24) is 24.3 Å². The molecular weight excluding hydrogens is 505 g/mol. The van der Waals surface area contributed by atoms with E-state index in [0.717, 1.165) is 4.52 Å². The smallest absolute Gasteiger partial charge is 0.350 e. The number of methoxy groups -OCH3 is 1. The molecule has 1 fully saturated rings. The molecule has 0 amide bonds. The molecule has 2 aromatic rings. The Hall–Kier alpha value is -2.19. The Kier molecular flexibility index (Phi) is 10.8. The number of H-pyrrole nitrogens is 1. The summed E-state index contributed by atoms with van der Waals surface area (Å²) in [4.78, 5) is 19.0. The van der Waals surface area contributed by atoms with Gasteiger partial charge in [0, 0.05) is 31.0 Å². The monoisotopic (exact) mass is 543 g/mol. The van der Waals surface area contributed by atoms with Crippen LogP contribution in [0.15, 0.2) is 16.1 Å². The van der Waals surface area contributed by atoms with Crippen LogP contribution in [0.25, 0.3) is 5.65 Å². The fourth-order valence-electron chi connectivity index (χ4n) is 4.17. The number of aliphatic hydroxyl groups excluding tert-OH is 1. The van der Waals surface area contributed by atoms with Crippen LogP contribution in [-0.4, -0.2) is 92.9 Å². The van der Waals surface area contributed by atoms with Crippen molar-refractivity contribution in [3.8, 4) is 0 Å². The number of fused-ring (bicyclic) bond motifs is 1. The summed E-state index contributed by atoms with van der Waals surface area (Å²) < 4.78 is 33.2. The predicted molar refractivity (Wildman–Crippen MR) is 138 cm³/mol. The maximum Gasteiger partial charge on any atom is 0.350 e. The zero-order valence-corrected chi connectivity index (χ0v) is 23.0. The molecule has 0 radical (unpaired) electrons. The van der Waals surface area contributed by atoms with Crippen molar-refractivity contribution in [3.63, 3.8) is 0 Å². The highest BCUT2D eigenvalue weighted by atomic mass is 31.2. The minimum absolute atomic E-state index is 0.0633. The Morgan fingerprint density at radius 2 is 2.05 bits per heavy atom. The van der Waals surface area contributed by atoms with Gasteiger partial charge >= 0.3 is 14.2 Å². The lowest BCUT2D eigenvalue weighted by Gasteiger charge is -2.36. The minimum atomic E-state index is -1.73. The molecule has 0 bridgehead atoms. The summed E-state index contributed by atoms with van der Waals surface area (Å²) in [7, 11) is -0.158. The summed E-state index contributed by atoms with van der Waals surface area (Å²) in [6.07, 6.45) is 0.834. The number of nitrogens with one attached hydrogen (secondary N) is 1. The number of hydrogen-bond acceptors (Lipinski definition) is 12. The normalized spacial score (nSPS) is 23.3. The molecule has 1 aliphatic rings. The molecule has 5 unspecified atom stereocenters. The van der Waals surface area contributed by atoms with Gasteiger partial charge in [0.05, 0.1) is 26.0 Å². The van der Waals surface area contributed by atoms with Crippen LogP contribution in [0.2, 0.25) is 0 Å². The Morgan fingerprint density at radius 3 is 2.68 bits per heavy atom. The molecule has 15 heteroatoms. The molecule has 37 heavy (non-hydrogen) atoms. The topological polar surface area (TPSA) is 171 Å². The molecule has 1 aliphatic heterocycles. The van der Waals surface area contributed by atoms with Crippen LogP contribution in [0, 0.1) is 0 Å². The third-order valence-corrected chi connectivity index (χ3v) is 7.61. The Balaban J connectivity index is 2.06. The highest BCUT2D eigenvalue weighted by Crippen LogP contribution is 2.52. The van der Waals surface area contributed by atoms with Gasteiger partial charge in [-0.3, -0.25) is 4.98 Å². The summed E-state index contributed by atoms with van der Waals surface area (Å²) in [6, 6.07) is 0.143. The van der Waals surface area contributed by atoms with E-state index in [1.54, 1.807) is 13.3 Å². The average Bonchev–Trinajstić information content (AvgIpc) is 3.40. The lowest BCUT2D eigenvalue weighted by atomic mass is 10.0. The van der Waals surface area contributed by atoms with E-state index in [4.69, 9.17) is 29.1 Å².